The van der Waals surface area contributed by atoms with Gasteiger partial charge in [-0.2, -0.15) is 0 Å². The van der Waals surface area contributed by atoms with Gasteiger partial charge in [0.15, 0.2) is 0 Å². The molecule has 0 aromatic heterocycles. The van der Waals surface area contributed by atoms with Crippen LogP contribution in [0.25, 0.3) is 0 Å². The summed E-state index contributed by atoms with van der Waals surface area (Å²) in [6.45, 7) is 6.68. The quantitative estimate of drug-likeness (QED) is 0.686. The fourth-order valence-electron chi connectivity index (χ4n) is 1.79. The van der Waals surface area contributed by atoms with E-state index in [0.29, 0.717) is 19.8 Å². The van der Waals surface area contributed by atoms with E-state index in [1.807, 2.05) is 6.92 Å². The van der Waals surface area contributed by atoms with Crippen molar-refractivity contribution in [2.75, 3.05) is 26.4 Å². The standard InChI is InChI=1S/C15H25NO2/c1-3-5-13-6-8-14(9-7-13)15(16)12-18-11-10-17-4-2/h6-9,15H,3-5,10-12,16H2,1-2H3. The number of rotatable bonds is 9. The number of hydrogen-bond acceptors (Lipinski definition) is 3. The lowest BCUT2D eigenvalue weighted by Gasteiger charge is -2.13. The first-order valence-corrected chi connectivity index (χ1v) is 6.77. The first-order chi connectivity index (χ1) is 8.77. The summed E-state index contributed by atoms with van der Waals surface area (Å²) in [5.74, 6) is 0. The van der Waals surface area contributed by atoms with Crippen molar-refractivity contribution in [2.45, 2.75) is 32.7 Å². The van der Waals surface area contributed by atoms with Crippen molar-refractivity contribution in [3.05, 3.63) is 35.4 Å². The van der Waals surface area contributed by atoms with E-state index < -0.39 is 0 Å². The van der Waals surface area contributed by atoms with Gasteiger partial charge in [-0.05, 0) is 24.5 Å². The number of aryl methyl sites for hydroxylation is 1. The minimum Gasteiger partial charge on any atom is -0.379 e. The van der Waals surface area contributed by atoms with Gasteiger partial charge < -0.3 is 15.2 Å². The van der Waals surface area contributed by atoms with Gasteiger partial charge in [0.1, 0.15) is 0 Å². The molecule has 0 radical (unpaired) electrons. The van der Waals surface area contributed by atoms with Gasteiger partial charge in [-0.3, -0.25) is 0 Å². The highest BCUT2D eigenvalue weighted by Gasteiger charge is 2.05. The van der Waals surface area contributed by atoms with E-state index in [4.69, 9.17) is 15.2 Å². The van der Waals surface area contributed by atoms with E-state index in [0.717, 1.165) is 18.6 Å². The van der Waals surface area contributed by atoms with Crippen LogP contribution in [0.4, 0.5) is 0 Å². The summed E-state index contributed by atoms with van der Waals surface area (Å²) < 4.78 is 10.7. The van der Waals surface area contributed by atoms with Crippen LogP contribution >= 0.6 is 0 Å². The van der Waals surface area contributed by atoms with Gasteiger partial charge in [-0.15, -0.1) is 0 Å². The minimum absolute atomic E-state index is 0.0534. The molecule has 0 aliphatic heterocycles. The van der Waals surface area contributed by atoms with Gasteiger partial charge in [-0.1, -0.05) is 37.6 Å². The van der Waals surface area contributed by atoms with Gasteiger partial charge in [0.05, 0.1) is 25.9 Å². The van der Waals surface area contributed by atoms with Crippen LogP contribution in [0.3, 0.4) is 0 Å². The zero-order valence-electron chi connectivity index (χ0n) is 11.5. The summed E-state index contributed by atoms with van der Waals surface area (Å²) in [7, 11) is 0. The van der Waals surface area contributed by atoms with Crippen molar-refractivity contribution in [3.63, 3.8) is 0 Å². The normalized spacial score (nSPS) is 12.6. The molecule has 1 aromatic carbocycles. The molecule has 0 amide bonds. The molecule has 0 saturated carbocycles. The van der Waals surface area contributed by atoms with Crippen LogP contribution in [0, 0.1) is 0 Å². The SMILES string of the molecule is CCCc1ccc(C(N)COCCOCC)cc1. The Morgan fingerprint density at radius 3 is 2.33 bits per heavy atom. The first kappa shape index (κ1) is 15.2. The summed E-state index contributed by atoms with van der Waals surface area (Å²) in [5.41, 5.74) is 8.57. The highest BCUT2D eigenvalue weighted by Crippen LogP contribution is 2.13. The largest absolute Gasteiger partial charge is 0.379 e. The van der Waals surface area contributed by atoms with Crippen molar-refractivity contribution in [2.24, 2.45) is 5.73 Å². The molecule has 1 unspecified atom stereocenters. The summed E-state index contributed by atoms with van der Waals surface area (Å²) in [6.07, 6.45) is 2.30. The molecule has 18 heavy (non-hydrogen) atoms. The smallest absolute Gasteiger partial charge is 0.0701 e. The van der Waals surface area contributed by atoms with Crippen LogP contribution in [0.2, 0.25) is 0 Å². The first-order valence-electron chi connectivity index (χ1n) is 6.77. The van der Waals surface area contributed by atoms with Crippen molar-refractivity contribution in [1.29, 1.82) is 0 Å². The number of nitrogens with two attached hydrogens (primary N) is 1. The van der Waals surface area contributed by atoms with Gasteiger partial charge in [0, 0.05) is 6.61 Å². The third kappa shape index (κ3) is 5.63. The molecule has 0 heterocycles. The van der Waals surface area contributed by atoms with Crippen LogP contribution in [-0.4, -0.2) is 26.4 Å². The Morgan fingerprint density at radius 2 is 1.72 bits per heavy atom. The summed E-state index contributed by atoms with van der Waals surface area (Å²) in [5, 5.41) is 0. The van der Waals surface area contributed by atoms with Crippen LogP contribution in [0.15, 0.2) is 24.3 Å². The second-order valence-corrected chi connectivity index (χ2v) is 4.37. The predicted octanol–water partition coefficient (Wildman–Crippen LogP) is 2.69. The fourth-order valence-corrected chi connectivity index (χ4v) is 1.79. The molecule has 0 saturated heterocycles. The van der Waals surface area contributed by atoms with Crippen molar-refractivity contribution in [3.8, 4) is 0 Å². The lowest BCUT2D eigenvalue weighted by molar-refractivity contribution is 0.0473. The number of hydrogen-bond donors (Lipinski definition) is 1. The highest BCUT2D eigenvalue weighted by molar-refractivity contribution is 5.24. The topological polar surface area (TPSA) is 44.5 Å². The summed E-state index contributed by atoms with van der Waals surface area (Å²) in [4.78, 5) is 0. The molecule has 0 bridgehead atoms. The lowest BCUT2D eigenvalue weighted by atomic mass is 10.0. The molecular weight excluding hydrogens is 226 g/mol. The zero-order chi connectivity index (χ0) is 13.2. The second kappa shape index (κ2) is 9.09. The Balaban J connectivity index is 2.30. The van der Waals surface area contributed by atoms with E-state index in [2.05, 4.69) is 31.2 Å². The van der Waals surface area contributed by atoms with Gasteiger partial charge in [0.25, 0.3) is 0 Å². The molecule has 3 nitrogen and oxygen atoms in total. The molecule has 0 spiro atoms. The van der Waals surface area contributed by atoms with E-state index >= 15 is 0 Å². The molecule has 1 atom stereocenters. The molecule has 0 aliphatic rings. The molecule has 0 aliphatic carbocycles. The Labute approximate surface area is 110 Å². The van der Waals surface area contributed by atoms with E-state index in [1.165, 1.54) is 12.0 Å². The maximum Gasteiger partial charge on any atom is 0.0701 e. The van der Waals surface area contributed by atoms with Crippen LogP contribution in [-0.2, 0) is 15.9 Å². The predicted molar refractivity (Wildman–Crippen MR) is 74.7 cm³/mol. The third-order valence-electron chi connectivity index (χ3n) is 2.82. The summed E-state index contributed by atoms with van der Waals surface area (Å²) >= 11 is 0. The third-order valence-corrected chi connectivity index (χ3v) is 2.82. The van der Waals surface area contributed by atoms with E-state index in [-0.39, 0.29) is 6.04 Å². The molecule has 1 aromatic rings. The van der Waals surface area contributed by atoms with Gasteiger partial charge in [0.2, 0.25) is 0 Å². The monoisotopic (exact) mass is 251 g/mol. The van der Waals surface area contributed by atoms with Crippen LogP contribution in [0.5, 0.6) is 0 Å². The van der Waals surface area contributed by atoms with Crippen molar-refractivity contribution >= 4 is 0 Å². The van der Waals surface area contributed by atoms with Crippen molar-refractivity contribution < 1.29 is 9.47 Å². The average molecular weight is 251 g/mol. The molecule has 3 heteroatoms. The maximum absolute atomic E-state index is 6.07. The number of ether oxygens (including phenoxy) is 2. The summed E-state index contributed by atoms with van der Waals surface area (Å²) in [6, 6.07) is 8.45. The molecular formula is C15H25NO2. The Hall–Kier alpha value is -0.900. The van der Waals surface area contributed by atoms with Crippen LogP contribution in [0.1, 0.15) is 37.4 Å². The maximum atomic E-state index is 6.07. The minimum atomic E-state index is -0.0534. The lowest BCUT2D eigenvalue weighted by Crippen LogP contribution is -2.18. The Bertz CT molecular complexity index is 311. The molecule has 1 rings (SSSR count). The highest BCUT2D eigenvalue weighted by atomic mass is 16.5. The van der Waals surface area contributed by atoms with Gasteiger partial charge >= 0.3 is 0 Å². The van der Waals surface area contributed by atoms with E-state index in [9.17, 15) is 0 Å². The molecule has 2 N–H and O–H groups in total. The van der Waals surface area contributed by atoms with Crippen molar-refractivity contribution in [1.82, 2.24) is 0 Å². The second-order valence-electron chi connectivity index (χ2n) is 4.37. The van der Waals surface area contributed by atoms with Gasteiger partial charge in [-0.25, -0.2) is 0 Å². The fraction of sp³-hybridized carbons (Fsp3) is 0.600. The zero-order valence-corrected chi connectivity index (χ0v) is 11.5. The number of benzene rings is 1. The van der Waals surface area contributed by atoms with E-state index in [1.54, 1.807) is 0 Å². The Morgan fingerprint density at radius 1 is 1.06 bits per heavy atom. The molecule has 0 fully saturated rings. The average Bonchev–Trinajstić information content (AvgIpc) is 2.39. The molecule has 102 valence electrons. The van der Waals surface area contributed by atoms with Crippen LogP contribution < -0.4 is 5.73 Å². The Kier molecular flexibility index (Phi) is 7.65.